The number of pyridine rings is 1. The van der Waals surface area contributed by atoms with Crippen molar-refractivity contribution in [1.29, 1.82) is 0 Å². The van der Waals surface area contributed by atoms with E-state index in [4.69, 9.17) is 0 Å². The number of hydrogen-bond acceptors (Lipinski definition) is 4. The van der Waals surface area contributed by atoms with E-state index < -0.39 is 22.7 Å². The second-order valence-electron chi connectivity index (χ2n) is 5.45. The average Bonchev–Trinajstić information content (AvgIpc) is 2.63. The number of carbonyl (C=O) groups is 1. The summed E-state index contributed by atoms with van der Waals surface area (Å²) in [4.78, 5) is 23.1. The maximum Gasteiger partial charge on any atom is 0.341 e. The summed E-state index contributed by atoms with van der Waals surface area (Å²) in [5.41, 5.74) is 0.373. The maximum atomic E-state index is 11.8. The molecule has 0 saturated carbocycles. The molecule has 0 spiro atoms. The van der Waals surface area contributed by atoms with Crippen LogP contribution in [0.1, 0.15) is 15.9 Å². The number of anilines is 1. The molecule has 1 aromatic heterocycles. The topological polar surface area (TPSA) is 82.8 Å². The Bertz CT molecular complexity index is 937. The lowest BCUT2D eigenvalue weighted by molar-refractivity contribution is 0.0694. The molecule has 0 fully saturated rings. The van der Waals surface area contributed by atoms with Crippen molar-refractivity contribution in [2.45, 2.75) is 6.54 Å². The first kappa shape index (κ1) is 16.3. The van der Waals surface area contributed by atoms with E-state index in [1.807, 2.05) is 60.7 Å². The van der Waals surface area contributed by atoms with E-state index in [9.17, 15) is 19.8 Å². The van der Waals surface area contributed by atoms with Crippen molar-refractivity contribution in [2.75, 3.05) is 5.01 Å². The van der Waals surface area contributed by atoms with Gasteiger partial charge in [0, 0.05) is 6.20 Å². The largest absolute Gasteiger partial charge is 0.503 e. The van der Waals surface area contributed by atoms with Crippen LogP contribution in [0.4, 0.5) is 5.69 Å². The molecule has 25 heavy (non-hydrogen) atoms. The minimum atomic E-state index is -1.39. The first-order valence-electron chi connectivity index (χ1n) is 7.61. The van der Waals surface area contributed by atoms with E-state index in [1.165, 1.54) is 17.1 Å². The minimum Gasteiger partial charge on any atom is -0.503 e. The molecule has 0 atom stereocenters. The Labute approximate surface area is 143 Å². The summed E-state index contributed by atoms with van der Waals surface area (Å²) in [5.74, 6) is -2.00. The second-order valence-corrected chi connectivity index (χ2v) is 5.45. The highest BCUT2D eigenvalue weighted by Crippen LogP contribution is 2.19. The highest BCUT2D eigenvalue weighted by Gasteiger charge is 2.17. The van der Waals surface area contributed by atoms with Gasteiger partial charge in [-0.1, -0.05) is 48.5 Å². The molecule has 0 aliphatic heterocycles. The fourth-order valence-corrected chi connectivity index (χ4v) is 2.50. The van der Waals surface area contributed by atoms with E-state index in [2.05, 4.69) is 0 Å². The molecule has 0 unspecified atom stereocenters. The SMILES string of the molecule is O=C(O)c1cn(N(Cc2ccccc2)c2ccccc2)cc(O)c1=O. The molecule has 3 rings (SSSR count). The third kappa shape index (κ3) is 3.53. The van der Waals surface area contributed by atoms with Crippen LogP contribution in [0.5, 0.6) is 5.75 Å². The van der Waals surface area contributed by atoms with Crippen LogP contribution in [-0.2, 0) is 6.54 Å². The maximum absolute atomic E-state index is 11.8. The Balaban J connectivity index is 2.12. The van der Waals surface area contributed by atoms with E-state index >= 15 is 0 Å². The fraction of sp³-hybridized carbons (Fsp3) is 0.0526. The van der Waals surface area contributed by atoms with Gasteiger partial charge in [0.05, 0.1) is 18.4 Å². The standard InChI is InChI=1S/C19H16N2O4/c22-17-13-20(12-16(18(17)23)19(24)25)21(15-9-5-2-6-10-15)11-14-7-3-1-4-8-14/h1-10,12-13,22H,11H2,(H,24,25). The number of carboxylic acids is 1. The lowest BCUT2D eigenvalue weighted by atomic mass is 10.2. The summed E-state index contributed by atoms with van der Waals surface area (Å²) in [6.07, 6.45) is 2.42. The summed E-state index contributed by atoms with van der Waals surface area (Å²) in [7, 11) is 0. The highest BCUT2D eigenvalue weighted by atomic mass is 16.4. The zero-order valence-corrected chi connectivity index (χ0v) is 13.2. The molecule has 0 saturated heterocycles. The molecule has 0 aliphatic rings. The van der Waals surface area contributed by atoms with Gasteiger partial charge in [-0.2, -0.15) is 0 Å². The van der Waals surface area contributed by atoms with Crippen molar-refractivity contribution in [2.24, 2.45) is 0 Å². The smallest absolute Gasteiger partial charge is 0.341 e. The average molecular weight is 336 g/mol. The van der Waals surface area contributed by atoms with Crippen LogP contribution in [0.15, 0.2) is 77.9 Å². The van der Waals surface area contributed by atoms with Gasteiger partial charge < -0.3 is 10.2 Å². The molecule has 0 amide bonds. The van der Waals surface area contributed by atoms with E-state index in [0.29, 0.717) is 6.54 Å². The Hall–Kier alpha value is -3.54. The molecule has 6 nitrogen and oxygen atoms in total. The summed E-state index contributed by atoms with van der Waals surface area (Å²) < 4.78 is 1.42. The van der Waals surface area contributed by atoms with Gasteiger partial charge >= 0.3 is 5.97 Å². The molecule has 0 aliphatic carbocycles. The summed E-state index contributed by atoms with van der Waals surface area (Å²) in [6, 6.07) is 18.9. The van der Waals surface area contributed by atoms with E-state index in [-0.39, 0.29) is 0 Å². The number of nitrogens with zero attached hydrogens (tertiary/aromatic N) is 2. The van der Waals surface area contributed by atoms with Crippen molar-refractivity contribution in [1.82, 2.24) is 4.68 Å². The van der Waals surface area contributed by atoms with Crippen LogP contribution >= 0.6 is 0 Å². The highest BCUT2D eigenvalue weighted by molar-refractivity contribution is 5.87. The van der Waals surface area contributed by atoms with Crippen molar-refractivity contribution in [3.63, 3.8) is 0 Å². The summed E-state index contributed by atoms with van der Waals surface area (Å²) >= 11 is 0. The van der Waals surface area contributed by atoms with Gasteiger partial charge in [-0.05, 0) is 17.7 Å². The molecule has 3 aromatic rings. The lowest BCUT2D eigenvalue weighted by Gasteiger charge is -2.28. The van der Waals surface area contributed by atoms with E-state index in [0.717, 1.165) is 11.3 Å². The molecular weight excluding hydrogens is 320 g/mol. The van der Waals surface area contributed by atoms with Crippen LogP contribution in [0.25, 0.3) is 0 Å². The molecular formula is C19H16N2O4. The van der Waals surface area contributed by atoms with Crippen LogP contribution in [0, 0.1) is 0 Å². The van der Waals surface area contributed by atoms with Crippen molar-refractivity contribution < 1.29 is 15.0 Å². The normalized spacial score (nSPS) is 10.4. The Morgan fingerprint density at radius 1 is 0.960 bits per heavy atom. The first-order valence-corrected chi connectivity index (χ1v) is 7.61. The number of benzene rings is 2. The van der Waals surface area contributed by atoms with Crippen LogP contribution in [0.2, 0.25) is 0 Å². The predicted molar refractivity (Wildman–Crippen MR) is 93.8 cm³/mol. The van der Waals surface area contributed by atoms with Crippen molar-refractivity contribution >= 4 is 11.7 Å². The number of para-hydroxylation sites is 1. The lowest BCUT2D eigenvalue weighted by Crippen LogP contribution is -2.31. The Morgan fingerprint density at radius 3 is 2.16 bits per heavy atom. The third-order valence-electron chi connectivity index (χ3n) is 3.73. The minimum absolute atomic E-state index is 0.423. The summed E-state index contributed by atoms with van der Waals surface area (Å²) in [6.45, 7) is 0.423. The zero-order chi connectivity index (χ0) is 17.8. The molecule has 2 N–H and O–H groups in total. The van der Waals surface area contributed by atoms with Gasteiger partial charge in [0.1, 0.15) is 5.56 Å². The van der Waals surface area contributed by atoms with Crippen LogP contribution in [-0.4, -0.2) is 20.9 Å². The molecule has 1 heterocycles. The molecule has 2 aromatic carbocycles. The summed E-state index contributed by atoms with van der Waals surface area (Å²) in [5, 5.41) is 20.8. The number of aromatic hydroxyl groups is 1. The number of aromatic nitrogens is 1. The van der Waals surface area contributed by atoms with Crippen LogP contribution < -0.4 is 10.4 Å². The van der Waals surface area contributed by atoms with Gasteiger partial charge in [0.2, 0.25) is 5.43 Å². The number of carboxylic acid groups (broad SMARTS) is 1. The molecule has 6 heteroatoms. The number of rotatable bonds is 5. The molecule has 0 radical (unpaired) electrons. The first-order chi connectivity index (χ1) is 12.1. The second kappa shape index (κ2) is 6.92. The predicted octanol–water partition coefficient (Wildman–Crippen LogP) is 2.72. The Morgan fingerprint density at radius 2 is 1.56 bits per heavy atom. The van der Waals surface area contributed by atoms with Crippen molar-refractivity contribution in [3.8, 4) is 5.75 Å². The molecule has 126 valence electrons. The Kier molecular flexibility index (Phi) is 4.52. The molecule has 0 bridgehead atoms. The van der Waals surface area contributed by atoms with E-state index in [1.54, 1.807) is 5.01 Å². The van der Waals surface area contributed by atoms with Gasteiger partial charge in [0.25, 0.3) is 0 Å². The quantitative estimate of drug-likeness (QED) is 0.748. The number of hydrogen-bond donors (Lipinski definition) is 2. The van der Waals surface area contributed by atoms with Crippen LogP contribution in [0.3, 0.4) is 0 Å². The van der Waals surface area contributed by atoms with Gasteiger partial charge in [0.15, 0.2) is 5.75 Å². The van der Waals surface area contributed by atoms with Crippen molar-refractivity contribution in [3.05, 3.63) is 94.4 Å². The fourth-order valence-electron chi connectivity index (χ4n) is 2.50. The number of aromatic carboxylic acids is 1. The van der Waals surface area contributed by atoms with Gasteiger partial charge in [-0.3, -0.25) is 14.5 Å². The zero-order valence-electron chi connectivity index (χ0n) is 13.2. The third-order valence-corrected chi connectivity index (χ3v) is 3.73. The van der Waals surface area contributed by atoms with Gasteiger partial charge in [-0.25, -0.2) is 4.79 Å². The van der Waals surface area contributed by atoms with Gasteiger partial charge in [-0.15, -0.1) is 0 Å². The monoisotopic (exact) mass is 336 g/mol.